The number of thioether (sulfide) groups is 1. The molecule has 4 heteroatoms. The second kappa shape index (κ2) is 3.46. The molecule has 72 valence electrons. The van der Waals surface area contributed by atoms with Gasteiger partial charge in [0.1, 0.15) is 0 Å². The first-order valence-corrected chi connectivity index (χ1v) is 5.33. The van der Waals surface area contributed by atoms with Crippen LogP contribution >= 0.6 is 11.8 Å². The first kappa shape index (κ1) is 9.27. The molecule has 0 fully saturated rings. The van der Waals surface area contributed by atoms with Gasteiger partial charge in [0.05, 0.1) is 11.1 Å². The average molecular weight is 207 g/mol. The molecule has 1 N–H and O–H groups in total. The van der Waals surface area contributed by atoms with Gasteiger partial charge in [-0.3, -0.25) is 14.9 Å². The highest BCUT2D eigenvalue weighted by atomic mass is 32.2. The zero-order valence-corrected chi connectivity index (χ0v) is 8.48. The molecular formula is C10H9NO2S. The minimum absolute atomic E-state index is 0.288. The summed E-state index contributed by atoms with van der Waals surface area (Å²) in [7, 11) is 0. The number of benzene rings is 1. The molecule has 14 heavy (non-hydrogen) atoms. The number of amides is 2. The molecule has 0 radical (unpaired) electrons. The molecule has 1 aliphatic heterocycles. The van der Waals surface area contributed by atoms with Crippen molar-refractivity contribution in [2.24, 2.45) is 0 Å². The van der Waals surface area contributed by atoms with Crippen LogP contribution in [0.4, 0.5) is 0 Å². The maximum absolute atomic E-state index is 11.3. The molecule has 0 saturated heterocycles. The topological polar surface area (TPSA) is 46.2 Å². The Labute approximate surface area is 85.9 Å². The highest BCUT2D eigenvalue weighted by Crippen LogP contribution is 2.23. The smallest absolute Gasteiger partial charge is 0.258 e. The Bertz CT molecular complexity index is 415. The van der Waals surface area contributed by atoms with Gasteiger partial charge in [0.15, 0.2) is 0 Å². The summed E-state index contributed by atoms with van der Waals surface area (Å²) in [5.41, 5.74) is 0.976. The molecule has 0 atom stereocenters. The van der Waals surface area contributed by atoms with E-state index < -0.39 is 0 Å². The maximum Gasteiger partial charge on any atom is 0.258 e. The lowest BCUT2D eigenvalue weighted by Gasteiger charge is -1.99. The fraction of sp³-hybridized carbons (Fsp3) is 0.200. The average Bonchev–Trinajstić information content (AvgIpc) is 2.43. The van der Waals surface area contributed by atoms with Crippen LogP contribution in [-0.2, 0) is 0 Å². The minimum Gasteiger partial charge on any atom is -0.288 e. The van der Waals surface area contributed by atoms with Crippen molar-refractivity contribution in [3.63, 3.8) is 0 Å². The van der Waals surface area contributed by atoms with Crippen molar-refractivity contribution in [3.05, 3.63) is 29.3 Å². The Balaban J connectivity index is 2.44. The predicted octanol–water partition coefficient (Wildman–Crippen LogP) is 1.68. The molecule has 1 heterocycles. The zero-order chi connectivity index (χ0) is 10.1. The summed E-state index contributed by atoms with van der Waals surface area (Å²) in [5, 5.41) is 2.26. The molecule has 2 rings (SSSR count). The molecule has 0 spiro atoms. The van der Waals surface area contributed by atoms with Crippen LogP contribution < -0.4 is 5.32 Å². The van der Waals surface area contributed by atoms with Crippen LogP contribution in [-0.4, -0.2) is 17.6 Å². The summed E-state index contributed by atoms with van der Waals surface area (Å²) in [6.45, 7) is 2.04. The van der Waals surface area contributed by atoms with E-state index in [0.717, 1.165) is 10.6 Å². The van der Waals surface area contributed by atoms with Gasteiger partial charge in [0, 0.05) is 4.90 Å². The number of nitrogens with one attached hydrogen (secondary N) is 1. The molecule has 2 amide bonds. The van der Waals surface area contributed by atoms with E-state index >= 15 is 0 Å². The number of hydrogen-bond donors (Lipinski definition) is 1. The van der Waals surface area contributed by atoms with Crippen LogP contribution in [0.2, 0.25) is 0 Å². The molecular weight excluding hydrogens is 198 g/mol. The lowest BCUT2D eigenvalue weighted by molar-refractivity contribution is 0.0879. The van der Waals surface area contributed by atoms with Gasteiger partial charge in [0.2, 0.25) is 0 Å². The quantitative estimate of drug-likeness (QED) is 0.593. The molecule has 0 saturated carbocycles. The number of carbonyl (C=O) groups excluding carboxylic acids is 2. The fourth-order valence-electron chi connectivity index (χ4n) is 1.40. The van der Waals surface area contributed by atoms with Gasteiger partial charge in [-0.1, -0.05) is 6.92 Å². The summed E-state index contributed by atoms with van der Waals surface area (Å²) in [5.74, 6) is 0.371. The van der Waals surface area contributed by atoms with E-state index in [0.29, 0.717) is 11.1 Å². The minimum atomic E-state index is -0.293. The molecule has 1 aliphatic rings. The summed E-state index contributed by atoms with van der Waals surface area (Å²) in [6.07, 6.45) is 0. The normalized spacial score (nSPS) is 14.1. The first-order chi connectivity index (χ1) is 6.72. The van der Waals surface area contributed by atoms with E-state index in [1.807, 2.05) is 13.0 Å². The number of fused-ring (bicyclic) bond motifs is 1. The largest absolute Gasteiger partial charge is 0.288 e. The Morgan fingerprint density at radius 3 is 2.64 bits per heavy atom. The molecule has 0 aromatic heterocycles. The summed E-state index contributed by atoms with van der Waals surface area (Å²) < 4.78 is 0. The number of imide groups is 1. The van der Waals surface area contributed by atoms with Crippen LogP contribution in [0.15, 0.2) is 23.1 Å². The van der Waals surface area contributed by atoms with Crippen molar-refractivity contribution in [2.75, 3.05) is 5.75 Å². The van der Waals surface area contributed by atoms with Crippen LogP contribution in [0, 0.1) is 0 Å². The molecule has 1 aromatic rings. The second-order valence-corrected chi connectivity index (χ2v) is 4.26. The summed E-state index contributed by atoms with van der Waals surface area (Å²) in [4.78, 5) is 23.5. The SMILES string of the molecule is CCSc1ccc2c(c1)C(=O)NC2=O. The van der Waals surface area contributed by atoms with Crippen LogP contribution in [0.25, 0.3) is 0 Å². The fourth-order valence-corrected chi connectivity index (χ4v) is 2.10. The van der Waals surface area contributed by atoms with Gasteiger partial charge in [-0.15, -0.1) is 11.8 Å². The van der Waals surface area contributed by atoms with Gasteiger partial charge in [-0.2, -0.15) is 0 Å². The number of carbonyl (C=O) groups is 2. The van der Waals surface area contributed by atoms with E-state index in [1.165, 1.54) is 0 Å². The van der Waals surface area contributed by atoms with E-state index in [9.17, 15) is 9.59 Å². The lowest BCUT2D eigenvalue weighted by atomic mass is 10.1. The van der Waals surface area contributed by atoms with Crippen LogP contribution in [0.5, 0.6) is 0 Å². The van der Waals surface area contributed by atoms with Crippen molar-refractivity contribution in [2.45, 2.75) is 11.8 Å². The Morgan fingerprint density at radius 1 is 1.21 bits per heavy atom. The highest BCUT2D eigenvalue weighted by Gasteiger charge is 2.26. The van der Waals surface area contributed by atoms with Crippen molar-refractivity contribution in [3.8, 4) is 0 Å². The van der Waals surface area contributed by atoms with Gasteiger partial charge in [0.25, 0.3) is 11.8 Å². The van der Waals surface area contributed by atoms with Crippen molar-refractivity contribution in [1.29, 1.82) is 0 Å². The first-order valence-electron chi connectivity index (χ1n) is 4.35. The second-order valence-electron chi connectivity index (χ2n) is 2.92. The van der Waals surface area contributed by atoms with E-state index in [-0.39, 0.29) is 11.8 Å². The molecule has 1 aromatic carbocycles. The third kappa shape index (κ3) is 1.42. The maximum atomic E-state index is 11.3. The highest BCUT2D eigenvalue weighted by molar-refractivity contribution is 7.99. The van der Waals surface area contributed by atoms with E-state index in [4.69, 9.17) is 0 Å². The van der Waals surface area contributed by atoms with Crippen LogP contribution in [0.1, 0.15) is 27.6 Å². The van der Waals surface area contributed by atoms with E-state index in [2.05, 4.69) is 5.32 Å². The van der Waals surface area contributed by atoms with Crippen LogP contribution in [0.3, 0.4) is 0 Å². The Kier molecular flexibility index (Phi) is 2.29. The van der Waals surface area contributed by atoms with E-state index in [1.54, 1.807) is 23.9 Å². The summed E-state index contributed by atoms with van der Waals surface area (Å²) in [6, 6.07) is 5.34. The zero-order valence-electron chi connectivity index (χ0n) is 7.66. The molecule has 3 nitrogen and oxygen atoms in total. The molecule has 0 aliphatic carbocycles. The monoisotopic (exact) mass is 207 g/mol. The van der Waals surface area contributed by atoms with Crippen molar-refractivity contribution < 1.29 is 9.59 Å². The Hall–Kier alpha value is -1.29. The molecule has 0 unspecified atom stereocenters. The Morgan fingerprint density at radius 2 is 1.93 bits per heavy atom. The van der Waals surface area contributed by atoms with Gasteiger partial charge >= 0.3 is 0 Å². The van der Waals surface area contributed by atoms with Crippen molar-refractivity contribution >= 4 is 23.6 Å². The third-order valence-electron chi connectivity index (χ3n) is 2.02. The van der Waals surface area contributed by atoms with Gasteiger partial charge in [-0.25, -0.2) is 0 Å². The number of hydrogen-bond acceptors (Lipinski definition) is 3. The number of rotatable bonds is 2. The van der Waals surface area contributed by atoms with Crippen molar-refractivity contribution in [1.82, 2.24) is 5.32 Å². The van der Waals surface area contributed by atoms with Gasteiger partial charge in [-0.05, 0) is 24.0 Å². The lowest BCUT2D eigenvalue weighted by Crippen LogP contribution is -2.19. The third-order valence-corrected chi connectivity index (χ3v) is 2.89. The predicted molar refractivity (Wildman–Crippen MR) is 54.6 cm³/mol. The standard InChI is InChI=1S/C10H9NO2S/c1-2-14-6-3-4-7-8(5-6)10(13)11-9(7)12/h3-5H,2H2,1H3,(H,11,12,13). The molecule has 0 bridgehead atoms. The summed E-state index contributed by atoms with van der Waals surface area (Å²) >= 11 is 1.65. The van der Waals surface area contributed by atoms with Gasteiger partial charge < -0.3 is 0 Å².